The van der Waals surface area contributed by atoms with Crippen molar-refractivity contribution >= 4 is 39.9 Å². The highest BCUT2D eigenvalue weighted by molar-refractivity contribution is 6.30. The van der Waals surface area contributed by atoms with Crippen molar-refractivity contribution < 1.29 is 19.9 Å². The zero-order valence-electron chi connectivity index (χ0n) is 12.4. The molecule has 0 unspecified atom stereocenters. The van der Waals surface area contributed by atoms with E-state index in [1.54, 1.807) is 0 Å². The number of aromatic amines is 1. The average molecular weight is 360 g/mol. The van der Waals surface area contributed by atoms with E-state index in [0.717, 1.165) is 6.08 Å². The lowest BCUT2D eigenvalue weighted by atomic mass is 10.0. The van der Waals surface area contributed by atoms with Gasteiger partial charge in [0.05, 0.1) is 16.0 Å². The molecule has 0 spiro atoms. The fourth-order valence-electron chi connectivity index (χ4n) is 2.36. The number of carboxylic acids is 1. The van der Waals surface area contributed by atoms with Gasteiger partial charge in [0.15, 0.2) is 0 Å². The summed E-state index contributed by atoms with van der Waals surface area (Å²) in [5.41, 5.74) is 0.910. The molecule has 1 heterocycles. The van der Waals surface area contributed by atoms with E-state index in [2.05, 4.69) is 9.97 Å². The Morgan fingerprint density at radius 3 is 2.72 bits per heavy atom. The molecule has 2 aromatic carbocycles. The van der Waals surface area contributed by atoms with Gasteiger partial charge in [0.25, 0.3) is 5.69 Å². The minimum absolute atomic E-state index is 0.0892. The number of benzene rings is 2. The van der Waals surface area contributed by atoms with Gasteiger partial charge < -0.3 is 15.2 Å². The maximum Gasteiger partial charge on any atom is 0.329 e. The number of carboxylic acid groups (broad SMARTS) is 1. The number of aliphatic carboxylic acids is 1. The van der Waals surface area contributed by atoms with E-state index in [0.29, 0.717) is 16.1 Å². The number of aromatic nitrogens is 2. The van der Waals surface area contributed by atoms with Crippen LogP contribution in [0.25, 0.3) is 16.6 Å². The second-order valence-electron chi connectivity index (χ2n) is 5.10. The van der Waals surface area contributed by atoms with E-state index in [1.165, 1.54) is 36.4 Å². The van der Waals surface area contributed by atoms with E-state index in [-0.39, 0.29) is 28.4 Å². The number of imidazole rings is 1. The largest absolute Gasteiger partial charge is 0.507 e. The molecule has 0 bridgehead atoms. The Balaban J connectivity index is 2.20. The molecule has 9 heteroatoms. The zero-order chi connectivity index (χ0) is 18.1. The van der Waals surface area contributed by atoms with E-state index >= 15 is 0 Å². The summed E-state index contributed by atoms with van der Waals surface area (Å²) in [6.45, 7) is 0. The molecule has 0 aliphatic heterocycles. The minimum atomic E-state index is -1.25. The number of carbonyl (C=O) groups is 1. The lowest BCUT2D eigenvalue weighted by Crippen LogP contribution is -1.97. The molecule has 25 heavy (non-hydrogen) atoms. The molecular weight excluding hydrogens is 350 g/mol. The van der Waals surface area contributed by atoms with Gasteiger partial charge in [-0.05, 0) is 24.3 Å². The van der Waals surface area contributed by atoms with Crippen molar-refractivity contribution in [3.63, 3.8) is 0 Å². The summed E-state index contributed by atoms with van der Waals surface area (Å²) in [4.78, 5) is 28.6. The monoisotopic (exact) mass is 359 g/mol. The molecule has 0 aliphatic carbocycles. The highest BCUT2D eigenvalue weighted by Crippen LogP contribution is 2.32. The number of halogens is 1. The van der Waals surface area contributed by atoms with Crippen LogP contribution in [0, 0.1) is 10.1 Å². The van der Waals surface area contributed by atoms with Crippen molar-refractivity contribution in [2.24, 2.45) is 0 Å². The number of hydrogen-bond acceptors (Lipinski definition) is 5. The van der Waals surface area contributed by atoms with Gasteiger partial charge in [-0.1, -0.05) is 11.6 Å². The van der Waals surface area contributed by atoms with Crippen LogP contribution in [-0.4, -0.2) is 31.1 Å². The fraction of sp³-hybridized carbons (Fsp3) is 0. The maximum absolute atomic E-state index is 11.2. The second kappa shape index (κ2) is 6.25. The number of nitrogens with one attached hydrogen (secondary N) is 1. The minimum Gasteiger partial charge on any atom is -0.507 e. The first kappa shape index (κ1) is 16.5. The molecule has 0 fully saturated rings. The van der Waals surface area contributed by atoms with Crippen molar-refractivity contribution in [1.82, 2.24) is 9.97 Å². The Hall–Kier alpha value is -3.39. The molecule has 0 saturated heterocycles. The number of nitrogens with zero attached hydrogens (tertiary/aromatic N) is 2. The van der Waals surface area contributed by atoms with Crippen LogP contribution in [0.2, 0.25) is 5.02 Å². The molecule has 126 valence electrons. The fourth-order valence-corrected chi connectivity index (χ4v) is 2.53. The van der Waals surface area contributed by atoms with Gasteiger partial charge in [-0.2, -0.15) is 0 Å². The van der Waals surface area contributed by atoms with Crippen LogP contribution in [0.5, 0.6) is 5.75 Å². The zero-order valence-corrected chi connectivity index (χ0v) is 13.2. The standard InChI is InChI=1S/C16H10ClN3O5/c17-8-1-4-14(21)10(5-8)11(7-15(22)23)16-18-12-3-2-9(20(24)25)6-13(12)19-16/h1-7,21H,(H,18,19)(H,22,23)/b11-7-. The Morgan fingerprint density at radius 1 is 1.28 bits per heavy atom. The third kappa shape index (κ3) is 3.29. The molecule has 0 aliphatic rings. The number of fused-ring (bicyclic) bond motifs is 1. The number of H-pyrrole nitrogens is 1. The predicted octanol–water partition coefficient (Wildman–Crippen LogP) is 3.35. The van der Waals surface area contributed by atoms with E-state index in [1.807, 2.05) is 0 Å². The Bertz CT molecular complexity index is 1040. The molecule has 0 saturated carbocycles. The molecule has 0 atom stereocenters. The van der Waals surface area contributed by atoms with E-state index in [9.17, 15) is 20.0 Å². The van der Waals surface area contributed by atoms with Crippen molar-refractivity contribution in [2.45, 2.75) is 0 Å². The number of non-ortho nitro benzene ring substituents is 1. The number of phenols is 1. The molecule has 3 aromatic rings. The first-order valence-corrected chi connectivity index (χ1v) is 7.31. The summed E-state index contributed by atoms with van der Waals surface area (Å²) in [5.74, 6) is -1.29. The van der Waals surface area contributed by atoms with Crippen molar-refractivity contribution in [2.75, 3.05) is 0 Å². The first-order valence-electron chi connectivity index (χ1n) is 6.93. The first-order chi connectivity index (χ1) is 11.8. The number of hydrogen-bond donors (Lipinski definition) is 3. The van der Waals surface area contributed by atoms with Gasteiger partial charge in [0, 0.05) is 34.4 Å². The van der Waals surface area contributed by atoms with Crippen molar-refractivity contribution in [3.8, 4) is 5.75 Å². The lowest BCUT2D eigenvalue weighted by Gasteiger charge is -2.07. The highest BCUT2D eigenvalue weighted by Gasteiger charge is 2.17. The third-order valence-corrected chi connectivity index (χ3v) is 3.68. The van der Waals surface area contributed by atoms with Crippen LogP contribution in [0.4, 0.5) is 5.69 Å². The second-order valence-corrected chi connectivity index (χ2v) is 5.54. The Morgan fingerprint density at radius 2 is 2.04 bits per heavy atom. The molecular formula is C16H10ClN3O5. The van der Waals surface area contributed by atoms with Crippen LogP contribution in [0.3, 0.4) is 0 Å². The maximum atomic E-state index is 11.2. The number of phenolic OH excluding ortho intramolecular Hbond substituents is 1. The summed E-state index contributed by atoms with van der Waals surface area (Å²) >= 11 is 5.93. The van der Waals surface area contributed by atoms with Crippen molar-refractivity contribution in [1.29, 1.82) is 0 Å². The van der Waals surface area contributed by atoms with E-state index in [4.69, 9.17) is 16.7 Å². The molecule has 8 nitrogen and oxygen atoms in total. The highest BCUT2D eigenvalue weighted by atomic mass is 35.5. The quantitative estimate of drug-likeness (QED) is 0.372. The molecule has 3 N–H and O–H groups in total. The normalized spacial score (nSPS) is 11.6. The van der Waals surface area contributed by atoms with Crippen LogP contribution in [0.1, 0.15) is 11.4 Å². The van der Waals surface area contributed by atoms with Crippen LogP contribution < -0.4 is 0 Å². The smallest absolute Gasteiger partial charge is 0.329 e. The SMILES string of the molecule is O=C(O)/C=C(\c1nc2ccc([N+](=O)[O-])cc2[nH]1)c1cc(Cl)ccc1O. The van der Waals surface area contributed by atoms with E-state index < -0.39 is 10.9 Å². The van der Waals surface area contributed by atoms with Crippen LogP contribution >= 0.6 is 11.6 Å². The van der Waals surface area contributed by atoms with Gasteiger partial charge >= 0.3 is 5.97 Å². The summed E-state index contributed by atoms with van der Waals surface area (Å²) in [6, 6.07) is 8.24. The van der Waals surface area contributed by atoms with Crippen LogP contribution in [-0.2, 0) is 4.79 Å². The molecule has 0 radical (unpaired) electrons. The summed E-state index contributed by atoms with van der Waals surface area (Å²) in [5, 5.41) is 30.4. The molecule has 1 aromatic heterocycles. The third-order valence-electron chi connectivity index (χ3n) is 3.45. The number of aromatic hydroxyl groups is 1. The predicted molar refractivity (Wildman–Crippen MR) is 90.6 cm³/mol. The number of nitro benzene ring substituents is 1. The average Bonchev–Trinajstić information content (AvgIpc) is 2.97. The van der Waals surface area contributed by atoms with Crippen molar-refractivity contribution in [3.05, 3.63) is 69.0 Å². The topological polar surface area (TPSA) is 129 Å². The lowest BCUT2D eigenvalue weighted by molar-refractivity contribution is -0.384. The van der Waals surface area contributed by atoms with Gasteiger partial charge in [0.2, 0.25) is 0 Å². The number of nitro groups is 1. The summed E-state index contributed by atoms with van der Waals surface area (Å²) in [6.07, 6.45) is 0.873. The summed E-state index contributed by atoms with van der Waals surface area (Å²) < 4.78 is 0. The number of rotatable bonds is 4. The summed E-state index contributed by atoms with van der Waals surface area (Å²) in [7, 11) is 0. The van der Waals surface area contributed by atoms with Gasteiger partial charge in [-0.25, -0.2) is 9.78 Å². The molecule has 0 amide bonds. The van der Waals surface area contributed by atoms with Gasteiger partial charge in [-0.15, -0.1) is 0 Å². The Kier molecular flexibility index (Phi) is 4.12. The van der Waals surface area contributed by atoms with Crippen LogP contribution in [0.15, 0.2) is 42.5 Å². The molecule has 3 rings (SSSR count). The Labute approximate surface area is 145 Å². The van der Waals surface area contributed by atoms with Gasteiger partial charge in [-0.3, -0.25) is 10.1 Å². The van der Waals surface area contributed by atoms with Gasteiger partial charge in [0.1, 0.15) is 11.6 Å².